The molecule has 3 heteroatoms. The maximum atomic E-state index is 5.72. The fourth-order valence-electron chi connectivity index (χ4n) is 2.50. The molecule has 1 saturated heterocycles. The minimum absolute atomic E-state index is 0.230. The Kier molecular flexibility index (Phi) is 4.82. The SMILES string of the molecule is CCC1CC(NCC(C)(C)c2cccs2)CCO1. The first-order valence-corrected chi connectivity index (χ1v) is 7.89. The summed E-state index contributed by atoms with van der Waals surface area (Å²) in [7, 11) is 0. The van der Waals surface area contributed by atoms with E-state index in [1.165, 1.54) is 4.88 Å². The zero-order chi connectivity index (χ0) is 13.0. The molecule has 0 spiro atoms. The second-order valence-corrected chi connectivity index (χ2v) is 6.81. The van der Waals surface area contributed by atoms with Crippen LogP contribution in [0.15, 0.2) is 17.5 Å². The van der Waals surface area contributed by atoms with Gasteiger partial charge < -0.3 is 10.1 Å². The van der Waals surface area contributed by atoms with Gasteiger partial charge in [0, 0.05) is 29.5 Å². The fourth-order valence-corrected chi connectivity index (χ4v) is 3.35. The molecule has 0 radical (unpaired) electrons. The molecule has 2 unspecified atom stereocenters. The highest BCUT2D eigenvalue weighted by Gasteiger charge is 2.25. The van der Waals surface area contributed by atoms with E-state index in [0.717, 1.165) is 32.4 Å². The molecule has 2 atom stereocenters. The Balaban J connectivity index is 1.84. The number of hydrogen-bond donors (Lipinski definition) is 1. The molecule has 2 heterocycles. The molecule has 1 aromatic heterocycles. The quantitative estimate of drug-likeness (QED) is 0.880. The molecule has 2 rings (SSSR count). The largest absolute Gasteiger partial charge is 0.378 e. The van der Waals surface area contributed by atoms with Gasteiger partial charge in [-0.15, -0.1) is 11.3 Å². The van der Waals surface area contributed by atoms with E-state index >= 15 is 0 Å². The van der Waals surface area contributed by atoms with Gasteiger partial charge in [0.2, 0.25) is 0 Å². The minimum atomic E-state index is 0.230. The van der Waals surface area contributed by atoms with Gasteiger partial charge in [0.25, 0.3) is 0 Å². The van der Waals surface area contributed by atoms with Gasteiger partial charge in [-0.3, -0.25) is 0 Å². The summed E-state index contributed by atoms with van der Waals surface area (Å²) in [5.74, 6) is 0. The summed E-state index contributed by atoms with van der Waals surface area (Å²) in [5.41, 5.74) is 0.230. The van der Waals surface area contributed by atoms with Gasteiger partial charge in [0.05, 0.1) is 6.10 Å². The van der Waals surface area contributed by atoms with Crippen LogP contribution in [0.5, 0.6) is 0 Å². The van der Waals surface area contributed by atoms with Crippen molar-refractivity contribution in [2.24, 2.45) is 0 Å². The number of hydrogen-bond acceptors (Lipinski definition) is 3. The molecule has 0 amide bonds. The van der Waals surface area contributed by atoms with Gasteiger partial charge in [0.15, 0.2) is 0 Å². The van der Waals surface area contributed by atoms with Crippen LogP contribution in [0.3, 0.4) is 0 Å². The lowest BCUT2D eigenvalue weighted by atomic mass is 9.90. The van der Waals surface area contributed by atoms with Crippen LogP contribution in [-0.2, 0) is 10.2 Å². The Hall–Kier alpha value is -0.380. The van der Waals surface area contributed by atoms with Gasteiger partial charge in [0.1, 0.15) is 0 Å². The predicted octanol–water partition coefficient (Wildman–Crippen LogP) is 3.57. The maximum absolute atomic E-state index is 5.72. The number of rotatable bonds is 5. The van der Waals surface area contributed by atoms with E-state index < -0.39 is 0 Å². The molecule has 2 nitrogen and oxygen atoms in total. The van der Waals surface area contributed by atoms with E-state index in [4.69, 9.17) is 4.74 Å². The van der Waals surface area contributed by atoms with Crippen molar-refractivity contribution < 1.29 is 4.74 Å². The predicted molar refractivity (Wildman–Crippen MR) is 78.4 cm³/mol. The van der Waals surface area contributed by atoms with Gasteiger partial charge in [-0.05, 0) is 30.7 Å². The summed E-state index contributed by atoms with van der Waals surface area (Å²) in [6.45, 7) is 8.82. The van der Waals surface area contributed by atoms with Gasteiger partial charge in [-0.2, -0.15) is 0 Å². The van der Waals surface area contributed by atoms with E-state index in [9.17, 15) is 0 Å². The van der Waals surface area contributed by atoms with Crippen LogP contribution in [0.1, 0.15) is 44.9 Å². The third-order valence-electron chi connectivity index (χ3n) is 3.84. The monoisotopic (exact) mass is 267 g/mol. The smallest absolute Gasteiger partial charge is 0.0587 e. The summed E-state index contributed by atoms with van der Waals surface area (Å²) < 4.78 is 5.72. The molecule has 0 bridgehead atoms. The van der Waals surface area contributed by atoms with Crippen LogP contribution < -0.4 is 5.32 Å². The molecule has 1 fully saturated rings. The van der Waals surface area contributed by atoms with Crippen LogP contribution in [0, 0.1) is 0 Å². The average Bonchev–Trinajstić information content (AvgIpc) is 2.91. The highest BCUT2D eigenvalue weighted by atomic mass is 32.1. The Bertz CT molecular complexity index is 347. The van der Waals surface area contributed by atoms with Crippen LogP contribution in [0.4, 0.5) is 0 Å². The first-order valence-electron chi connectivity index (χ1n) is 7.01. The standard InChI is InChI=1S/C15H25NOS/c1-4-13-10-12(7-8-17-13)16-11-15(2,3)14-6-5-9-18-14/h5-6,9,12-13,16H,4,7-8,10-11H2,1-3H3. The van der Waals surface area contributed by atoms with Crippen molar-refractivity contribution in [3.63, 3.8) is 0 Å². The van der Waals surface area contributed by atoms with E-state index in [1.807, 2.05) is 11.3 Å². The molecule has 0 aliphatic carbocycles. The van der Waals surface area contributed by atoms with Crippen molar-refractivity contribution in [2.45, 2.75) is 57.6 Å². The van der Waals surface area contributed by atoms with Crippen molar-refractivity contribution in [3.05, 3.63) is 22.4 Å². The highest BCUT2D eigenvalue weighted by Crippen LogP contribution is 2.27. The molecule has 1 aliphatic heterocycles. The molecule has 102 valence electrons. The zero-order valence-corrected chi connectivity index (χ0v) is 12.6. The van der Waals surface area contributed by atoms with Crippen molar-refractivity contribution in [2.75, 3.05) is 13.2 Å². The lowest BCUT2D eigenvalue weighted by molar-refractivity contribution is -0.000680. The molecule has 1 aromatic rings. The first-order chi connectivity index (χ1) is 8.62. The van der Waals surface area contributed by atoms with E-state index in [-0.39, 0.29) is 5.41 Å². The third kappa shape index (κ3) is 3.56. The Morgan fingerprint density at radius 1 is 1.50 bits per heavy atom. The summed E-state index contributed by atoms with van der Waals surface area (Å²) in [4.78, 5) is 1.47. The van der Waals surface area contributed by atoms with Crippen LogP contribution in [0.2, 0.25) is 0 Å². The van der Waals surface area contributed by atoms with Crippen LogP contribution in [-0.4, -0.2) is 25.3 Å². The fraction of sp³-hybridized carbons (Fsp3) is 0.733. The molecule has 1 aliphatic rings. The molecule has 0 aromatic carbocycles. The molecular weight excluding hydrogens is 242 g/mol. The Morgan fingerprint density at radius 3 is 3.00 bits per heavy atom. The molecule has 1 N–H and O–H groups in total. The van der Waals surface area contributed by atoms with E-state index in [0.29, 0.717) is 12.1 Å². The van der Waals surface area contributed by atoms with Crippen molar-refractivity contribution in [1.29, 1.82) is 0 Å². The van der Waals surface area contributed by atoms with Crippen molar-refractivity contribution in [1.82, 2.24) is 5.32 Å². The molecule has 18 heavy (non-hydrogen) atoms. The van der Waals surface area contributed by atoms with Gasteiger partial charge in [-0.25, -0.2) is 0 Å². The van der Waals surface area contributed by atoms with Crippen LogP contribution in [0.25, 0.3) is 0 Å². The first kappa shape index (κ1) is 14.0. The summed E-state index contributed by atoms with van der Waals surface area (Å²) in [5, 5.41) is 5.91. The summed E-state index contributed by atoms with van der Waals surface area (Å²) >= 11 is 1.86. The normalized spacial score (nSPS) is 25.3. The van der Waals surface area contributed by atoms with Crippen molar-refractivity contribution in [3.8, 4) is 0 Å². The lowest BCUT2D eigenvalue weighted by Gasteiger charge is -2.33. The lowest BCUT2D eigenvalue weighted by Crippen LogP contribution is -2.43. The second-order valence-electron chi connectivity index (χ2n) is 5.86. The van der Waals surface area contributed by atoms with Gasteiger partial charge in [-0.1, -0.05) is 26.8 Å². The summed E-state index contributed by atoms with van der Waals surface area (Å²) in [6, 6.07) is 5.01. The number of nitrogens with one attached hydrogen (secondary N) is 1. The van der Waals surface area contributed by atoms with E-state index in [2.05, 4.69) is 43.6 Å². The number of thiophene rings is 1. The Labute approximate surface area is 115 Å². The molecule has 0 saturated carbocycles. The Morgan fingerprint density at radius 2 is 2.33 bits per heavy atom. The highest BCUT2D eigenvalue weighted by molar-refractivity contribution is 7.10. The average molecular weight is 267 g/mol. The topological polar surface area (TPSA) is 21.3 Å². The molecular formula is C15H25NOS. The maximum Gasteiger partial charge on any atom is 0.0587 e. The van der Waals surface area contributed by atoms with Gasteiger partial charge >= 0.3 is 0 Å². The minimum Gasteiger partial charge on any atom is -0.378 e. The van der Waals surface area contributed by atoms with Crippen molar-refractivity contribution >= 4 is 11.3 Å². The third-order valence-corrected chi connectivity index (χ3v) is 5.08. The summed E-state index contributed by atoms with van der Waals surface area (Å²) in [6.07, 6.45) is 3.90. The number of ether oxygens (including phenoxy) is 1. The second kappa shape index (κ2) is 6.18. The van der Waals surface area contributed by atoms with E-state index in [1.54, 1.807) is 0 Å². The zero-order valence-electron chi connectivity index (χ0n) is 11.7. The van der Waals surface area contributed by atoms with Crippen LogP contribution >= 0.6 is 11.3 Å².